The lowest BCUT2D eigenvalue weighted by Gasteiger charge is -2.14. The molecule has 0 aliphatic carbocycles. The van der Waals surface area contributed by atoms with Crippen LogP contribution in [0, 0.1) is 0 Å². The molecule has 0 unspecified atom stereocenters. The van der Waals surface area contributed by atoms with Crippen molar-refractivity contribution in [2.75, 3.05) is 19.8 Å². The highest BCUT2D eigenvalue weighted by Crippen LogP contribution is 1.97. The monoisotopic (exact) mass is 291 g/mol. The molecule has 0 aliphatic rings. The van der Waals surface area contributed by atoms with Crippen molar-refractivity contribution in [1.82, 2.24) is 10.6 Å². The van der Waals surface area contributed by atoms with E-state index in [0.717, 1.165) is 0 Å². The maximum atomic E-state index is 11.3. The number of rotatable bonds is 10. The lowest BCUT2D eigenvalue weighted by molar-refractivity contribution is -0.140. The van der Waals surface area contributed by atoms with E-state index >= 15 is 0 Å². The van der Waals surface area contributed by atoms with Crippen LogP contribution in [0.2, 0.25) is 0 Å². The fraction of sp³-hybridized carbons (Fsp3) is 0.600. The Hall–Kier alpha value is -2.36. The Bertz CT molecular complexity index is 372. The van der Waals surface area contributed by atoms with E-state index < -0.39 is 29.9 Å². The van der Waals surface area contributed by atoms with Crippen LogP contribution in [0.5, 0.6) is 0 Å². The highest BCUT2D eigenvalue weighted by Gasteiger charge is 2.20. The zero-order valence-electron chi connectivity index (χ0n) is 10.6. The Kier molecular flexibility index (Phi) is 8.43. The summed E-state index contributed by atoms with van der Waals surface area (Å²) in [6.45, 7) is -0.201. The first-order valence-corrected chi connectivity index (χ1v) is 5.68. The standard InChI is InChI=1S/C10H17N3O7/c11-7(14)5-20-4-3-12-10(19)13-6(9(17)18)1-2-8(15)16/h6H,1-5H2,(H2,11,14)(H,15,16)(H,17,18)(H2,12,13,19)/t6-/m0/s1. The molecule has 0 heterocycles. The van der Waals surface area contributed by atoms with Gasteiger partial charge in [-0.05, 0) is 6.42 Å². The summed E-state index contributed by atoms with van der Waals surface area (Å²) >= 11 is 0. The summed E-state index contributed by atoms with van der Waals surface area (Å²) in [5.41, 5.74) is 4.81. The Balaban J connectivity index is 3.92. The topological polar surface area (TPSA) is 168 Å². The number of carbonyl (C=O) groups is 4. The smallest absolute Gasteiger partial charge is 0.326 e. The lowest BCUT2D eigenvalue weighted by Crippen LogP contribution is -2.47. The van der Waals surface area contributed by atoms with Crippen LogP contribution in [0.1, 0.15) is 12.8 Å². The zero-order valence-corrected chi connectivity index (χ0v) is 10.6. The molecule has 0 bridgehead atoms. The second-order valence-electron chi connectivity index (χ2n) is 3.74. The molecule has 0 fully saturated rings. The third kappa shape index (κ3) is 9.65. The number of primary amides is 1. The van der Waals surface area contributed by atoms with E-state index in [2.05, 4.69) is 10.6 Å². The number of amides is 3. The van der Waals surface area contributed by atoms with Gasteiger partial charge in [0.25, 0.3) is 0 Å². The molecule has 0 rings (SSSR count). The van der Waals surface area contributed by atoms with Gasteiger partial charge in [0.05, 0.1) is 6.61 Å². The van der Waals surface area contributed by atoms with Crippen molar-refractivity contribution in [3.63, 3.8) is 0 Å². The van der Waals surface area contributed by atoms with Crippen LogP contribution in [-0.2, 0) is 19.1 Å². The molecular formula is C10H17N3O7. The summed E-state index contributed by atoms with van der Waals surface area (Å²) in [6.07, 6.45) is -0.602. The van der Waals surface area contributed by atoms with Crippen molar-refractivity contribution in [3.8, 4) is 0 Å². The molecule has 0 saturated heterocycles. The number of ether oxygens (including phenoxy) is 1. The summed E-state index contributed by atoms with van der Waals surface area (Å²) < 4.78 is 4.77. The predicted octanol–water partition coefficient (Wildman–Crippen LogP) is -1.89. The van der Waals surface area contributed by atoms with Crippen LogP contribution in [0.15, 0.2) is 0 Å². The zero-order chi connectivity index (χ0) is 15.5. The SMILES string of the molecule is NC(=O)COCCNC(=O)N[C@@H](CCC(=O)O)C(=O)O. The minimum Gasteiger partial charge on any atom is -0.481 e. The van der Waals surface area contributed by atoms with Gasteiger partial charge in [0.1, 0.15) is 12.6 Å². The normalized spacial score (nSPS) is 11.4. The number of carbonyl (C=O) groups excluding carboxylic acids is 2. The summed E-state index contributed by atoms with van der Waals surface area (Å²) in [5.74, 6) is -3.13. The summed E-state index contributed by atoms with van der Waals surface area (Å²) in [4.78, 5) is 42.8. The predicted molar refractivity (Wildman–Crippen MR) is 64.8 cm³/mol. The van der Waals surface area contributed by atoms with Gasteiger partial charge in [-0.25, -0.2) is 9.59 Å². The molecule has 0 aromatic heterocycles. The van der Waals surface area contributed by atoms with Crippen molar-refractivity contribution >= 4 is 23.9 Å². The molecule has 1 atom stereocenters. The average Bonchev–Trinajstić information content (AvgIpc) is 2.32. The molecule has 10 heteroatoms. The van der Waals surface area contributed by atoms with E-state index in [-0.39, 0.29) is 32.6 Å². The summed E-state index contributed by atoms with van der Waals surface area (Å²) in [6, 6.07) is -2.07. The summed E-state index contributed by atoms with van der Waals surface area (Å²) in [7, 11) is 0. The highest BCUT2D eigenvalue weighted by atomic mass is 16.5. The van der Waals surface area contributed by atoms with E-state index in [1.54, 1.807) is 0 Å². The van der Waals surface area contributed by atoms with E-state index in [9.17, 15) is 19.2 Å². The minimum absolute atomic E-state index is 0.0310. The van der Waals surface area contributed by atoms with Gasteiger partial charge >= 0.3 is 18.0 Å². The van der Waals surface area contributed by atoms with Gasteiger partial charge in [-0.15, -0.1) is 0 Å². The van der Waals surface area contributed by atoms with Crippen molar-refractivity contribution in [3.05, 3.63) is 0 Å². The third-order valence-corrected chi connectivity index (χ3v) is 2.03. The molecule has 0 aromatic carbocycles. The highest BCUT2D eigenvalue weighted by molar-refractivity contribution is 5.83. The number of nitrogens with two attached hydrogens (primary N) is 1. The van der Waals surface area contributed by atoms with Gasteiger partial charge in [0, 0.05) is 13.0 Å². The Morgan fingerprint density at radius 1 is 1.20 bits per heavy atom. The van der Waals surface area contributed by atoms with Gasteiger partial charge in [0.15, 0.2) is 0 Å². The number of hydrogen-bond acceptors (Lipinski definition) is 5. The molecule has 3 amide bonds. The second-order valence-corrected chi connectivity index (χ2v) is 3.74. The maximum Gasteiger partial charge on any atom is 0.326 e. The lowest BCUT2D eigenvalue weighted by atomic mass is 10.1. The van der Waals surface area contributed by atoms with E-state index in [1.807, 2.05) is 0 Å². The van der Waals surface area contributed by atoms with Crippen molar-refractivity contribution in [1.29, 1.82) is 0 Å². The number of urea groups is 1. The van der Waals surface area contributed by atoms with Crippen molar-refractivity contribution in [2.24, 2.45) is 5.73 Å². The molecular weight excluding hydrogens is 274 g/mol. The average molecular weight is 291 g/mol. The van der Waals surface area contributed by atoms with Crippen molar-refractivity contribution < 1.29 is 34.1 Å². The number of aliphatic carboxylic acids is 2. The van der Waals surface area contributed by atoms with Gasteiger partial charge in [-0.1, -0.05) is 0 Å². The van der Waals surface area contributed by atoms with E-state index in [4.69, 9.17) is 20.7 Å². The van der Waals surface area contributed by atoms with Crippen LogP contribution in [-0.4, -0.2) is 59.9 Å². The summed E-state index contributed by atoms with van der Waals surface area (Å²) in [5, 5.41) is 21.6. The Morgan fingerprint density at radius 3 is 2.35 bits per heavy atom. The number of hydrogen-bond donors (Lipinski definition) is 5. The van der Waals surface area contributed by atoms with Gasteiger partial charge in [0.2, 0.25) is 5.91 Å². The molecule has 10 nitrogen and oxygen atoms in total. The third-order valence-electron chi connectivity index (χ3n) is 2.03. The quantitative estimate of drug-likeness (QED) is 0.293. The molecule has 0 aromatic rings. The molecule has 0 saturated carbocycles. The molecule has 114 valence electrons. The number of carboxylic acids is 2. The van der Waals surface area contributed by atoms with E-state index in [1.165, 1.54) is 0 Å². The fourth-order valence-electron chi connectivity index (χ4n) is 1.14. The Labute approximate surface area is 114 Å². The van der Waals surface area contributed by atoms with Crippen LogP contribution in [0.25, 0.3) is 0 Å². The van der Waals surface area contributed by atoms with Crippen molar-refractivity contribution in [2.45, 2.75) is 18.9 Å². The van der Waals surface area contributed by atoms with Crippen LogP contribution >= 0.6 is 0 Å². The number of nitrogens with one attached hydrogen (secondary N) is 2. The molecule has 0 spiro atoms. The van der Waals surface area contributed by atoms with Gasteiger partial charge in [-0.2, -0.15) is 0 Å². The van der Waals surface area contributed by atoms with E-state index in [0.29, 0.717) is 0 Å². The second kappa shape index (κ2) is 9.55. The van der Waals surface area contributed by atoms with Crippen LogP contribution < -0.4 is 16.4 Å². The minimum atomic E-state index is -1.33. The first kappa shape index (κ1) is 17.6. The molecule has 0 radical (unpaired) electrons. The van der Waals surface area contributed by atoms with Crippen LogP contribution in [0.3, 0.4) is 0 Å². The fourth-order valence-corrected chi connectivity index (χ4v) is 1.14. The molecule has 0 aliphatic heterocycles. The number of carboxylic acid groups (broad SMARTS) is 2. The molecule has 20 heavy (non-hydrogen) atoms. The first-order valence-electron chi connectivity index (χ1n) is 5.68. The largest absolute Gasteiger partial charge is 0.481 e. The van der Waals surface area contributed by atoms with Gasteiger partial charge < -0.3 is 31.3 Å². The maximum absolute atomic E-state index is 11.3. The first-order chi connectivity index (χ1) is 9.32. The molecule has 6 N–H and O–H groups in total. The Morgan fingerprint density at radius 2 is 1.85 bits per heavy atom. The van der Waals surface area contributed by atoms with Gasteiger partial charge in [-0.3, -0.25) is 9.59 Å². The van der Waals surface area contributed by atoms with Crippen LogP contribution in [0.4, 0.5) is 4.79 Å².